The third-order valence-electron chi connectivity index (χ3n) is 7.38. The van der Waals surface area contributed by atoms with Crippen molar-refractivity contribution in [1.29, 1.82) is 0 Å². The van der Waals surface area contributed by atoms with E-state index in [4.69, 9.17) is 11.6 Å². The number of carbonyl (C=O) groups excluding carboxylic acids is 1. The minimum absolute atomic E-state index is 0.0278. The number of amides is 1. The molecule has 0 saturated heterocycles. The Labute approximate surface area is 210 Å². The van der Waals surface area contributed by atoms with Gasteiger partial charge in [0.05, 0.1) is 26.9 Å². The molecule has 2 fully saturated rings. The van der Waals surface area contributed by atoms with Crippen LogP contribution in [0.4, 0.5) is 18.9 Å². The van der Waals surface area contributed by atoms with Crippen LogP contribution in [0.15, 0.2) is 35.2 Å². The minimum atomic E-state index is -4.10. The number of hydrogen-bond acceptors (Lipinski definition) is 6. The van der Waals surface area contributed by atoms with Crippen LogP contribution in [0.25, 0.3) is 0 Å². The molecule has 2 aliphatic carbocycles. The highest BCUT2D eigenvalue weighted by Gasteiger charge is 2.59. The normalized spacial score (nSPS) is 27.5. The minimum Gasteiger partial charge on any atom is -0.391 e. The van der Waals surface area contributed by atoms with E-state index in [2.05, 4.69) is 5.32 Å². The third kappa shape index (κ3) is 4.51. The van der Waals surface area contributed by atoms with Gasteiger partial charge in [-0.2, -0.15) is 0 Å². The van der Waals surface area contributed by atoms with E-state index in [1.54, 1.807) is 0 Å². The lowest BCUT2D eigenvalue weighted by Crippen LogP contribution is -2.58. The van der Waals surface area contributed by atoms with Crippen LogP contribution >= 0.6 is 11.6 Å². The fourth-order valence-electron chi connectivity index (χ4n) is 5.54. The lowest BCUT2D eigenvalue weighted by atomic mass is 9.70. The molecule has 7 nitrogen and oxygen atoms in total. The van der Waals surface area contributed by atoms with Crippen molar-refractivity contribution in [3.63, 3.8) is 0 Å². The van der Waals surface area contributed by atoms with Gasteiger partial charge in [0.25, 0.3) is 5.91 Å². The molecule has 2 saturated carbocycles. The summed E-state index contributed by atoms with van der Waals surface area (Å²) in [4.78, 5) is 12.3. The summed E-state index contributed by atoms with van der Waals surface area (Å²) in [6.07, 6.45) is -1.59. The Morgan fingerprint density at radius 1 is 1.08 bits per heavy atom. The number of halogens is 4. The van der Waals surface area contributed by atoms with Gasteiger partial charge in [-0.05, 0) is 62.6 Å². The molecule has 0 radical (unpaired) electrons. The zero-order valence-corrected chi connectivity index (χ0v) is 20.7. The first-order valence-corrected chi connectivity index (χ1v) is 13.3. The van der Waals surface area contributed by atoms with Crippen LogP contribution in [0.2, 0.25) is 5.02 Å². The van der Waals surface area contributed by atoms with E-state index < -0.39 is 68.1 Å². The molecule has 2 bridgehead atoms. The van der Waals surface area contributed by atoms with Crippen molar-refractivity contribution in [3.05, 3.63) is 58.4 Å². The standard InChI is InChI=1S/C24H25ClF3NO6S/c1-11(30)22(31)24(33)13-3-4-14(24)8-16(7-13)36(34,35)20-6-12(2-5-17(20)25)23(32)29-15-9-18(26)21(28)19(27)10-15/h2,5-6,9-11,13-14,16,22,30-31,33H,3-4,7-8H2,1H3,(H,29,32)/t11-,13-,14+,16?,22+,24?/m0/s1. The molecule has 4 N–H and O–H groups in total. The van der Waals surface area contributed by atoms with Gasteiger partial charge in [-0.15, -0.1) is 0 Å². The van der Waals surface area contributed by atoms with Gasteiger partial charge in [0.15, 0.2) is 27.3 Å². The van der Waals surface area contributed by atoms with Gasteiger partial charge in [0.2, 0.25) is 0 Å². The molecule has 196 valence electrons. The van der Waals surface area contributed by atoms with Crippen LogP contribution in [-0.2, 0) is 9.84 Å². The number of hydrogen-bond donors (Lipinski definition) is 4. The Kier molecular flexibility index (Phi) is 7.17. The van der Waals surface area contributed by atoms with E-state index >= 15 is 0 Å². The Balaban J connectivity index is 1.59. The number of aliphatic hydroxyl groups excluding tert-OH is 2. The second-order valence-electron chi connectivity index (χ2n) is 9.54. The first-order valence-electron chi connectivity index (χ1n) is 11.3. The van der Waals surface area contributed by atoms with E-state index in [1.165, 1.54) is 19.1 Å². The van der Waals surface area contributed by atoms with Crippen LogP contribution < -0.4 is 5.32 Å². The maximum atomic E-state index is 13.6. The van der Waals surface area contributed by atoms with Crippen molar-refractivity contribution in [2.75, 3.05) is 5.32 Å². The molecule has 0 spiro atoms. The maximum Gasteiger partial charge on any atom is 0.255 e. The van der Waals surface area contributed by atoms with Crippen molar-refractivity contribution in [2.45, 2.75) is 60.6 Å². The number of carbonyl (C=O) groups is 1. The second kappa shape index (κ2) is 9.60. The second-order valence-corrected chi connectivity index (χ2v) is 12.1. The monoisotopic (exact) mass is 547 g/mol. The number of aliphatic hydroxyl groups is 3. The number of anilines is 1. The third-order valence-corrected chi connectivity index (χ3v) is 10.0. The van der Waals surface area contributed by atoms with Crippen LogP contribution in [0.5, 0.6) is 0 Å². The van der Waals surface area contributed by atoms with Crippen LogP contribution in [0.3, 0.4) is 0 Å². The van der Waals surface area contributed by atoms with Crippen molar-refractivity contribution in [1.82, 2.24) is 0 Å². The molecule has 2 aliphatic rings. The predicted molar refractivity (Wildman–Crippen MR) is 125 cm³/mol. The Morgan fingerprint density at radius 2 is 1.64 bits per heavy atom. The average molecular weight is 548 g/mol. The SMILES string of the molecule is C[C@H](O)[C@@H](O)C1(O)[C@@H]2CC[C@H]1CC(S(=O)(=O)c1cc(C(=O)Nc3cc(F)c(F)c(F)c3)ccc1Cl)C2. The molecule has 6 atom stereocenters. The van der Waals surface area contributed by atoms with Gasteiger partial charge >= 0.3 is 0 Å². The van der Waals surface area contributed by atoms with Gasteiger partial charge in [-0.1, -0.05) is 11.6 Å². The quantitative estimate of drug-likeness (QED) is 0.411. The first kappa shape index (κ1) is 26.9. The van der Waals surface area contributed by atoms with Crippen LogP contribution in [0.1, 0.15) is 43.0 Å². The van der Waals surface area contributed by atoms with Gasteiger partial charge in [-0.3, -0.25) is 4.79 Å². The topological polar surface area (TPSA) is 124 Å². The molecule has 2 aromatic rings. The van der Waals surface area contributed by atoms with E-state index in [9.17, 15) is 41.7 Å². The van der Waals surface area contributed by atoms with Crippen molar-refractivity contribution in [3.8, 4) is 0 Å². The number of fused-ring (bicyclic) bond motifs is 2. The number of sulfone groups is 1. The molecule has 1 amide bonds. The fourth-order valence-corrected chi connectivity index (χ4v) is 7.94. The van der Waals surface area contributed by atoms with Crippen molar-refractivity contribution in [2.24, 2.45) is 11.8 Å². The molecular weight excluding hydrogens is 523 g/mol. The molecule has 2 unspecified atom stereocenters. The number of benzene rings is 2. The summed E-state index contributed by atoms with van der Waals surface area (Å²) in [5.74, 6) is -6.72. The molecule has 36 heavy (non-hydrogen) atoms. The molecule has 2 aromatic carbocycles. The van der Waals surface area contributed by atoms with E-state index in [0.717, 1.165) is 6.07 Å². The molecule has 0 aliphatic heterocycles. The maximum absolute atomic E-state index is 13.6. The Hall–Kier alpha value is -2.18. The first-order chi connectivity index (χ1) is 16.8. The average Bonchev–Trinajstić information content (AvgIpc) is 2.98. The van der Waals surface area contributed by atoms with E-state index in [1.807, 2.05) is 0 Å². The lowest BCUT2D eigenvalue weighted by Gasteiger charge is -2.46. The zero-order valence-electron chi connectivity index (χ0n) is 19.1. The largest absolute Gasteiger partial charge is 0.391 e. The lowest BCUT2D eigenvalue weighted by molar-refractivity contribution is -0.172. The number of rotatable bonds is 6. The van der Waals surface area contributed by atoms with Gasteiger partial charge in [0, 0.05) is 23.4 Å². The summed E-state index contributed by atoms with van der Waals surface area (Å²) in [7, 11) is -4.10. The van der Waals surface area contributed by atoms with Gasteiger partial charge in [0.1, 0.15) is 6.10 Å². The smallest absolute Gasteiger partial charge is 0.255 e. The van der Waals surface area contributed by atoms with E-state index in [0.29, 0.717) is 25.0 Å². The highest BCUT2D eigenvalue weighted by molar-refractivity contribution is 7.92. The van der Waals surface area contributed by atoms with Crippen molar-refractivity contribution < 1.29 is 41.7 Å². The summed E-state index contributed by atoms with van der Waals surface area (Å²) in [5, 5.41) is 32.5. The summed E-state index contributed by atoms with van der Waals surface area (Å²) in [6, 6.07) is 4.67. The molecule has 4 rings (SSSR count). The van der Waals surface area contributed by atoms with Crippen LogP contribution in [-0.4, -0.2) is 52.7 Å². The van der Waals surface area contributed by atoms with Gasteiger partial charge < -0.3 is 20.6 Å². The van der Waals surface area contributed by atoms with Crippen molar-refractivity contribution >= 4 is 33.0 Å². The Bertz CT molecular complexity index is 1270. The molecule has 0 heterocycles. The highest BCUT2D eigenvalue weighted by atomic mass is 35.5. The Morgan fingerprint density at radius 3 is 2.17 bits per heavy atom. The number of nitrogens with one attached hydrogen (secondary N) is 1. The highest BCUT2D eigenvalue weighted by Crippen LogP contribution is 2.54. The summed E-state index contributed by atoms with van der Waals surface area (Å²) in [6.45, 7) is 1.36. The van der Waals surface area contributed by atoms with Gasteiger partial charge in [-0.25, -0.2) is 21.6 Å². The predicted octanol–water partition coefficient (Wildman–Crippen LogP) is 3.44. The molecular formula is C24H25ClF3NO6S. The molecule has 0 aromatic heterocycles. The fraction of sp³-hybridized carbons (Fsp3) is 0.458. The summed E-state index contributed by atoms with van der Waals surface area (Å²) in [5.41, 5.74) is -2.13. The zero-order chi connectivity index (χ0) is 26.6. The summed E-state index contributed by atoms with van der Waals surface area (Å²) >= 11 is 6.19. The summed E-state index contributed by atoms with van der Waals surface area (Å²) < 4.78 is 67.2. The van der Waals surface area contributed by atoms with E-state index in [-0.39, 0.29) is 34.0 Å². The molecule has 12 heteroatoms. The van der Waals surface area contributed by atoms with Crippen LogP contribution in [0, 0.1) is 29.3 Å².